The fourth-order valence-electron chi connectivity index (χ4n) is 10.4. The molecule has 8 aromatic rings. The van der Waals surface area contributed by atoms with Gasteiger partial charge in [-0.3, -0.25) is 14.5 Å². The molecule has 10 rings (SSSR count). The van der Waals surface area contributed by atoms with Crippen molar-refractivity contribution in [3.8, 4) is 17.2 Å². The molecular formula is C61H69Cl2FN8O8. The molecule has 4 N–H and O–H groups in total. The number of fused-ring (bicyclic) bond motifs is 6. The summed E-state index contributed by atoms with van der Waals surface area (Å²) in [6, 6.07) is 32.2. The van der Waals surface area contributed by atoms with Gasteiger partial charge in [0.05, 0.1) is 26.4 Å². The molecule has 422 valence electrons. The van der Waals surface area contributed by atoms with Crippen molar-refractivity contribution in [2.24, 2.45) is 0 Å². The lowest BCUT2D eigenvalue weighted by molar-refractivity contribution is 0.0629. The van der Waals surface area contributed by atoms with Crippen molar-refractivity contribution in [2.45, 2.75) is 82.8 Å². The highest BCUT2D eigenvalue weighted by Crippen LogP contribution is 2.42. The number of carbonyl (C=O) groups is 2. The summed E-state index contributed by atoms with van der Waals surface area (Å²) in [5.41, 5.74) is 8.09. The van der Waals surface area contributed by atoms with Crippen LogP contribution in [-0.4, -0.2) is 118 Å². The number of methoxy groups -OCH3 is 1. The van der Waals surface area contributed by atoms with Gasteiger partial charge in [-0.15, -0.1) is 0 Å². The Bertz CT molecular complexity index is 3230. The van der Waals surface area contributed by atoms with E-state index in [1.807, 2.05) is 89.6 Å². The van der Waals surface area contributed by atoms with E-state index in [1.54, 1.807) is 29.6 Å². The highest BCUT2D eigenvalue weighted by molar-refractivity contribution is 6.31. The smallest absolute Gasteiger partial charge is 0.416 e. The first-order chi connectivity index (χ1) is 39.2. The maximum atomic E-state index is 13.4. The standard InChI is InChI=1S/C32H35ClFN3O4.C29H34ClN5O4/c33-23-7-14-29-28(21-23)27-15-18-37(32(39)41-26-12-8-24(34)9-13-26)31(30(27)36-29)22-5-10-25(11-6-22)40-20-4-2-1-3-16-35-17-19-38;1-37-16-17-39-29(36)35-14-12-24-25-18-22(30)8-11-26(25)33-27(24)28(35)21-6-9-23(10-7-21)38-15-5-3-2-4-13-34-20-31-19-32-34/h5-14,21,31,35-36,38H,1-4,15-20H2;6-11,18-20,28,33H,2-5,12-17H2,1H3. The number of aromatic amines is 2. The van der Waals surface area contributed by atoms with Crippen LogP contribution in [0.5, 0.6) is 17.2 Å². The highest BCUT2D eigenvalue weighted by Gasteiger charge is 2.37. The lowest BCUT2D eigenvalue weighted by atomic mass is 9.92. The second-order valence-electron chi connectivity index (χ2n) is 19.8. The summed E-state index contributed by atoms with van der Waals surface area (Å²) in [7, 11) is 1.59. The number of amides is 2. The molecule has 3 aromatic heterocycles. The fourth-order valence-corrected chi connectivity index (χ4v) is 10.8. The number of aliphatic hydroxyl groups excluding tert-OH is 1. The number of rotatable bonds is 24. The van der Waals surface area contributed by atoms with Gasteiger partial charge in [-0.25, -0.2) is 19.0 Å². The number of unbranched alkanes of at least 4 members (excludes halogenated alkanes) is 6. The van der Waals surface area contributed by atoms with Crippen molar-refractivity contribution in [1.82, 2.24) is 39.8 Å². The van der Waals surface area contributed by atoms with E-state index < -0.39 is 18.0 Å². The van der Waals surface area contributed by atoms with Crippen molar-refractivity contribution in [3.05, 3.63) is 171 Å². The first-order valence-corrected chi connectivity index (χ1v) is 28.3. The molecule has 5 aromatic carbocycles. The quantitative estimate of drug-likeness (QED) is 0.0423. The van der Waals surface area contributed by atoms with Gasteiger partial charge in [0.15, 0.2) is 0 Å². The summed E-state index contributed by atoms with van der Waals surface area (Å²) in [6.07, 6.45) is 12.3. The number of nitrogens with zero attached hydrogens (tertiary/aromatic N) is 5. The zero-order valence-electron chi connectivity index (χ0n) is 45.0. The molecule has 2 atom stereocenters. The van der Waals surface area contributed by atoms with Crippen LogP contribution in [0.4, 0.5) is 14.0 Å². The second-order valence-corrected chi connectivity index (χ2v) is 20.7. The zero-order chi connectivity index (χ0) is 55.6. The number of aromatic nitrogens is 5. The van der Waals surface area contributed by atoms with E-state index in [0.717, 1.165) is 126 Å². The molecule has 16 nitrogen and oxygen atoms in total. The van der Waals surface area contributed by atoms with Gasteiger partial charge in [-0.05, 0) is 159 Å². The van der Waals surface area contributed by atoms with Crippen LogP contribution >= 0.6 is 23.2 Å². The van der Waals surface area contributed by atoms with E-state index in [2.05, 4.69) is 25.4 Å². The number of ether oxygens (including phenoxy) is 5. The lowest BCUT2D eigenvalue weighted by Crippen LogP contribution is -2.42. The molecule has 0 saturated carbocycles. The molecule has 2 amide bonds. The molecule has 2 aliphatic rings. The van der Waals surface area contributed by atoms with E-state index in [9.17, 15) is 14.0 Å². The molecule has 19 heteroatoms. The van der Waals surface area contributed by atoms with Crippen LogP contribution in [0.15, 0.2) is 122 Å². The first-order valence-electron chi connectivity index (χ1n) is 27.5. The summed E-state index contributed by atoms with van der Waals surface area (Å²) < 4.78 is 43.4. The number of hydrogen-bond donors (Lipinski definition) is 4. The third kappa shape index (κ3) is 15.0. The SMILES string of the molecule is COCCOC(=O)N1CCc2c([nH]c3ccc(Cl)cc23)C1c1ccc(OCCCCCCn2cncn2)cc1.O=C(Oc1ccc(F)cc1)N1CCc2c([nH]c3ccc(Cl)cc23)C1c1ccc(OCCCCCCNCCO)cc1. The Morgan fingerprint density at radius 1 is 0.650 bits per heavy atom. The fraction of sp³-hybridized carbons (Fsp3) is 0.377. The van der Waals surface area contributed by atoms with Gasteiger partial charge in [-0.2, -0.15) is 5.10 Å². The van der Waals surface area contributed by atoms with Crippen LogP contribution in [-0.2, 0) is 28.9 Å². The van der Waals surface area contributed by atoms with Crippen LogP contribution in [0.3, 0.4) is 0 Å². The number of aryl methyl sites for hydroxylation is 1. The molecule has 2 aliphatic heterocycles. The minimum Gasteiger partial charge on any atom is -0.494 e. The Morgan fingerprint density at radius 2 is 1.19 bits per heavy atom. The van der Waals surface area contributed by atoms with Crippen molar-refractivity contribution in [3.63, 3.8) is 0 Å². The van der Waals surface area contributed by atoms with E-state index >= 15 is 0 Å². The van der Waals surface area contributed by atoms with Gasteiger partial charge in [0.25, 0.3) is 0 Å². The van der Waals surface area contributed by atoms with E-state index in [1.165, 1.54) is 29.8 Å². The van der Waals surface area contributed by atoms with E-state index in [0.29, 0.717) is 62.3 Å². The van der Waals surface area contributed by atoms with Crippen LogP contribution in [0.1, 0.15) is 97.1 Å². The predicted octanol–water partition coefficient (Wildman–Crippen LogP) is 12.4. The topological polar surface area (TPSA) is 181 Å². The maximum Gasteiger partial charge on any atom is 0.416 e. The van der Waals surface area contributed by atoms with Crippen LogP contribution in [0.2, 0.25) is 10.0 Å². The Morgan fingerprint density at radius 3 is 1.73 bits per heavy atom. The minimum absolute atomic E-state index is 0.170. The van der Waals surface area contributed by atoms with Gasteiger partial charge in [-0.1, -0.05) is 66.7 Å². The summed E-state index contributed by atoms with van der Waals surface area (Å²) >= 11 is 12.6. The van der Waals surface area contributed by atoms with E-state index in [-0.39, 0.29) is 31.1 Å². The van der Waals surface area contributed by atoms with Crippen molar-refractivity contribution < 1.29 is 42.8 Å². The summed E-state index contributed by atoms with van der Waals surface area (Å²) in [5, 5.41) is 19.6. The number of benzene rings is 5. The van der Waals surface area contributed by atoms with E-state index in [4.69, 9.17) is 52.0 Å². The molecule has 0 spiro atoms. The molecule has 0 bridgehead atoms. The number of carbonyl (C=O) groups excluding carboxylic acids is 2. The van der Waals surface area contributed by atoms with Crippen LogP contribution in [0, 0.1) is 5.82 Å². The summed E-state index contributed by atoms with van der Waals surface area (Å²) in [5.74, 6) is 1.48. The number of H-pyrrole nitrogens is 2. The Balaban J connectivity index is 0.000000194. The molecular weight excluding hydrogens is 1060 g/mol. The third-order valence-corrected chi connectivity index (χ3v) is 14.9. The Kier molecular flexibility index (Phi) is 20.7. The highest BCUT2D eigenvalue weighted by atomic mass is 35.5. The normalized spacial score (nSPS) is 14.8. The number of nitrogens with one attached hydrogen (secondary N) is 3. The van der Waals surface area contributed by atoms with Gasteiger partial charge < -0.3 is 44.1 Å². The minimum atomic E-state index is -0.504. The maximum absolute atomic E-state index is 13.4. The molecule has 0 saturated heterocycles. The van der Waals surface area contributed by atoms with Gasteiger partial charge in [0.1, 0.15) is 54.4 Å². The molecule has 0 radical (unpaired) electrons. The Labute approximate surface area is 475 Å². The van der Waals surface area contributed by atoms with Crippen LogP contribution < -0.4 is 19.5 Å². The van der Waals surface area contributed by atoms with Gasteiger partial charge in [0.2, 0.25) is 0 Å². The molecule has 0 fully saturated rings. The number of aliphatic hydroxyl groups is 1. The predicted molar refractivity (Wildman–Crippen MR) is 308 cm³/mol. The Hall–Kier alpha value is -7.15. The second kappa shape index (κ2) is 28.8. The number of halogens is 3. The largest absolute Gasteiger partial charge is 0.494 e. The van der Waals surface area contributed by atoms with Gasteiger partial charge in [0, 0.05) is 76.5 Å². The summed E-state index contributed by atoms with van der Waals surface area (Å²) in [6.45, 7) is 5.48. The van der Waals surface area contributed by atoms with Gasteiger partial charge >= 0.3 is 12.2 Å². The van der Waals surface area contributed by atoms with Crippen molar-refractivity contribution >= 4 is 57.2 Å². The number of hydrogen-bond acceptors (Lipinski definition) is 11. The monoisotopic (exact) mass is 1130 g/mol. The summed E-state index contributed by atoms with van der Waals surface area (Å²) in [4.78, 5) is 41.0. The third-order valence-electron chi connectivity index (χ3n) is 14.4. The van der Waals surface area contributed by atoms with Crippen LogP contribution in [0.25, 0.3) is 21.8 Å². The van der Waals surface area contributed by atoms with Crippen molar-refractivity contribution in [2.75, 3.05) is 66.3 Å². The van der Waals surface area contributed by atoms with Crippen molar-refractivity contribution in [1.29, 1.82) is 0 Å². The average Bonchev–Trinajstić information content (AvgIpc) is 4.27. The lowest BCUT2D eigenvalue weighted by Gasteiger charge is -2.35. The molecule has 2 unspecified atom stereocenters. The zero-order valence-corrected chi connectivity index (χ0v) is 46.5. The first kappa shape index (κ1) is 57.5. The molecule has 80 heavy (non-hydrogen) atoms. The molecule has 5 heterocycles. The molecule has 0 aliphatic carbocycles. The average molecular weight is 1130 g/mol.